The molecule has 9 heteroatoms. The van der Waals surface area contributed by atoms with Crippen molar-refractivity contribution in [2.75, 3.05) is 32.8 Å². The fourth-order valence-corrected chi connectivity index (χ4v) is 4.09. The van der Waals surface area contributed by atoms with Crippen molar-refractivity contribution in [2.45, 2.75) is 26.8 Å². The van der Waals surface area contributed by atoms with Gasteiger partial charge in [0.15, 0.2) is 0 Å². The number of hydrogen-bond acceptors (Lipinski definition) is 7. The van der Waals surface area contributed by atoms with Gasteiger partial charge in [-0.15, -0.1) is 0 Å². The Hall–Kier alpha value is -3.72. The molecule has 3 rings (SSSR count). The van der Waals surface area contributed by atoms with Crippen LogP contribution in [0.1, 0.15) is 37.9 Å². The lowest BCUT2D eigenvalue weighted by molar-refractivity contribution is -0.384. The lowest BCUT2D eigenvalue weighted by atomic mass is 9.95. The minimum atomic E-state index is -0.943. The number of hydrogen-bond donors (Lipinski definition) is 1. The minimum Gasteiger partial charge on any atom is -0.507 e. The van der Waals surface area contributed by atoms with Gasteiger partial charge >= 0.3 is 0 Å². The number of aliphatic hydroxyl groups excluding tert-OH is 1. The number of likely N-dealkylation sites (tertiary alicyclic amines) is 1. The molecule has 2 aromatic carbocycles. The van der Waals surface area contributed by atoms with Crippen molar-refractivity contribution in [2.24, 2.45) is 0 Å². The number of ether oxygens (including phenoxy) is 1. The topological polar surface area (TPSA) is 113 Å². The molecule has 0 unspecified atom stereocenters. The number of aliphatic hydroxyl groups is 1. The van der Waals surface area contributed by atoms with Crippen molar-refractivity contribution in [1.29, 1.82) is 0 Å². The van der Waals surface area contributed by atoms with Crippen molar-refractivity contribution in [1.82, 2.24) is 9.80 Å². The summed E-state index contributed by atoms with van der Waals surface area (Å²) in [6, 6.07) is 11.4. The Kier molecular flexibility index (Phi) is 8.01. The lowest BCUT2D eigenvalue weighted by Gasteiger charge is -2.28. The Balaban J connectivity index is 2.11. The van der Waals surface area contributed by atoms with Gasteiger partial charge in [0.25, 0.3) is 17.4 Å². The molecule has 0 spiro atoms. The molecule has 0 aromatic heterocycles. The van der Waals surface area contributed by atoms with Crippen LogP contribution in [-0.2, 0) is 9.59 Å². The summed E-state index contributed by atoms with van der Waals surface area (Å²) in [5, 5.41) is 22.5. The molecule has 34 heavy (non-hydrogen) atoms. The van der Waals surface area contributed by atoms with E-state index in [-0.39, 0.29) is 23.6 Å². The number of carbonyl (C=O) groups excluding carboxylic acids is 2. The number of likely N-dealkylation sites (N-methyl/N-ethyl adjacent to an activating group) is 1. The van der Waals surface area contributed by atoms with Crippen molar-refractivity contribution < 1.29 is 24.4 Å². The van der Waals surface area contributed by atoms with E-state index in [1.165, 1.54) is 23.1 Å². The van der Waals surface area contributed by atoms with Crippen LogP contribution in [-0.4, -0.2) is 64.3 Å². The van der Waals surface area contributed by atoms with E-state index < -0.39 is 22.7 Å². The lowest BCUT2D eigenvalue weighted by Crippen LogP contribution is -2.38. The van der Waals surface area contributed by atoms with Gasteiger partial charge in [0.1, 0.15) is 11.5 Å². The number of ketones is 1. The van der Waals surface area contributed by atoms with Crippen LogP contribution in [0, 0.1) is 10.1 Å². The van der Waals surface area contributed by atoms with E-state index in [9.17, 15) is 24.8 Å². The number of nitro groups is 1. The number of carbonyl (C=O) groups is 2. The molecule has 0 radical (unpaired) electrons. The van der Waals surface area contributed by atoms with E-state index in [0.29, 0.717) is 30.0 Å². The fourth-order valence-electron chi connectivity index (χ4n) is 4.09. The smallest absolute Gasteiger partial charge is 0.295 e. The predicted molar refractivity (Wildman–Crippen MR) is 128 cm³/mol. The molecule has 1 aliphatic heterocycles. The second-order valence-corrected chi connectivity index (χ2v) is 7.83. The van der Waals surface area contributed by atoms with Gasteiger partial charge in [-0.3, -0.25) is 19.7 Å². The summed E-state index contributed by atoms with van der Waals surface area (Å²) in [6.45, 7) is 8.64. The molecule has 1 saturated heterocycles. The number of nitrogens with zero attached hydrogens (tertiary/aromatic N) is 3. The summed E-state index contributed by atoms with van der Waals surface area (Å²) in [4.78, 5) is 40.5. The van der Waals surface area contributed by atoms with Crippen LogP contribution in [0.15, 0.2) is 54.1 Å². The highest BCUT2D eigenvalue weighted by atomic mass is 16.6. The van der Waals surface area contributed by atoms with Gasteiger partial charge in [0.05, 0.1) is 23.1 Å². The van der Waals surface area contributed by atoms with Crippen LogP contribution in [0.25, 0.3) is 5.76 Å². The molecular weight excluding hydrogens is 438 g/mol. The molecule has 0 aliphatic carbocycles. The van der Waals surface area contributed by atoms with Gasteiger partial charge in [-0.25, -0.2) is 0 Å². The molecule has 1 fully saturated rings. The minimum absolute atomic E-state index is 0.0887. The fraction of sp³-hybridized carbons (Fsp3) is 0.360. The number of non-ortho nitro benzene ring substituents is 1. The van der Waals surface area contributed by atoms with E-state index in [0.717, 1.165) is 13.1 Å². The zero-order valence-electron chi connectivity index (χ0n) is 19.6. The van der Waals surface area contributed by atoms with Crippen LogP contribution in [0.5, 0.6) is 5.75 Å². The maximum atomic E-state index is 13.1. The van der Waals surface area contributed by atoms with E-state index in [1.54, 1.807) is 30.3 Å². The molecule has 2 aromatic rings. The van der Waals surface area contributed by atoms with E-state index in [4.69, 9.17) is 4.74 Å². The summed E-state index contributed by atoms with van der Waals surface area (Å²) in [6.07, 6.45) is 0. The zero-order chi connectivity index (χ0) is 24.8. The first-order valence-corrected chi connectivity index (χ1v) is 11.3. The molecule has 0 saturated carbocycles. The Labute approximate surface area is 198 Å². The highest BCUT2D eigenvalue weighted by Crippen LogP contribution is 2.40. The van der Waals surface area contributed by atoms with Gasteiger partial charge < -0.3 is 19.6 Å². The normalized spacial score (nSPS) is 17.4. The molecule has 1 heterocycles. The van der Waals surface area contributed by atoms with Gasteiger partial charge in [-0.1, -0.05) is 26.0 Å². The Bertz CT molecular complexity index is 1090. The van der Waals surface area contributed by atoms with Crippen molar-refractivity contribution in [3.05, 3.63) is 75.3 Å². The first-order valence-electron chi connectivity index (χ1n) is 11.3. The van der Waals surface area contributed by atoms with Crippen LogP contribution in [0.2, 0.25) is 0 Å². The van der Waals surface area contributed by atoms with E-state index in [1.807, 2.05) is 20.8 Å². The summed E-state index contributed by atoms with van der Waals surface area (Å²) < 4.78 is 5.43. The second kappa shape index (κ2) is 10.9. The van der Waals surface area contributed by atoms with E-state index in [2.05, 4.69) is 4.90 Å². The highest BCUT2D eigenvalue weighted by molar-refractivity contribution is 6.46. The molecule has 1 aliphatic rings. The highest BCUT2D eigenvalue weighted by Gasteiger charge is 2.46. The number of amides is 1. The second-order valence-electron chi connectivity index (χ2n) is 7.83. The van der Waals surface area contributed by atoms with Crippen molar-refractivity contribution in [3.63, 3.8) is 0 Å². The van der Waals surface area contributed by atoms with E-state index >= 15 is 0 Å². The van der Waals surface area contributed by atoms with Crippen LogP contribution >= 0.6 is 0 Å². The molecule has 1 amide bonds. The number of nitro benzene ring substituents is 1. The van der Waals surface area contributed by atoms with Gasteiger partial charge in [0, 0.05) is 30.8 Å². The summed E-state index contributed by atoms with van der Waals surface area (Å²) in [5.41, 5.74) is 0.489. The van der Waals surface area contributed by atoms with Gasteiger partial charge in [-0.2, -0.15) is 0 Å². The first-order chi connectivity index (χ1) is 16.3. The Morgan fingerprint density at radius 3 is 2.38 bits per heavy atom. The number of benzene rings is 2. The molecule has 180 valence electrons. The predicted octanol–water partition coefficient (Wildman–Crippen LogP) is 3.76. The largest absolute Gasteiger partial charge is 0.507 e. The standard InChI is InChI=1S/C25H29N3O6/c1-4-26(5-2)14-15-27-22(18-8-7-9-19(16-18)28(32)33)21(24(30)25(27)31)23(29)17-10-12-20(13-11-17)34-6-3/h7-13,16,22,29H,4-6,14-15H2,1-3H3/t22-/m0/s1. The van der Waals surface area contributed by atoms with Crippen molar-refractivity contribution >= 4 is 23.1 Å². The van der Waals surface area contributed by atoms with Gasteiger partial charge in [-0.05, 0) is 49.8 Å². The molecule has 1 atom stereocenters. The first kappa shape index (κ1) is 24.9. The monoisotopic (exact) mass is 467 g/mol. The third-order valence-corrected chi connectivity index (χ3v) is 5.93. The third kappa shape index (κ3) is 5.09. The summed E-state index contributed by atoms with van der Waals surface area (Å²) >= 11 is 0. The van der Waals surface area contributed by atoms with Crippen LogP contribution in [0.3, 0.4) is 0 Å². The molecule has 9 nitrogen and oxygen atoms in total. The zero-order valence-corrected chi connectivity index (χ0v) is 19.6. The number of Topliss-reactive ketones (excluding diaryl/α,β-unsaturated/α-hetero) is 1. The maximum absolute atomic E-state index is 13.1. The Morgan fingerprint density at radius 2 is 1.79 bits per heavy atom. The van der Waals surface area contributed by atoms with Crippen molar-refractivity contribution in [3.8, 4) is 5.75 Å². The Morgan fingerprint density at radius 1 is 1.12 bits per heavy atom. The average molecular weight is 468 g/mol. The molecule has 1 N–H and O–H groups in total. The third-order valence-electron chi connectivity index (χ3n) is 5.93. The SMILES string of the molecule is CCOc1ccc(C(O)=C2C(=O)C(=O)N(CCN(CC)CC)[C@H]2c2cccc([N+](=O)[O-])c2)cc1. The summed E-state index contributed by atoms with van der Waals surface area (Å²) in [7, 11) is 0. The molecule has 0 bridgehead atoms. The van der Waals surface area contributed by atoms with Crippen LogP contribution in [0.4, 0.5) is 5.69 Å². The average Bonchev–Trinajstić information content (AvgIpc) is 3.10. The maximum Gasteiger partial charge on any atom is 0.295 e. The quantitative estimate of drug-likeness (QED) is 0.186. The summed E-state index contributed by atoms with van der Waals surface area (Å²) in [5.74, 6) is -1.28. The van der Waals surface area contributed by atoms with Gasteiger partial charge in [0.2, 0.25) is 0 Å². The van der Waals surface area contributed by atoms with Crippen LogP contribution < -0.4 is 4.74 Å². The molecular formula is C25H29N3O6. The number of rotatable bonds is 10.